The van der Waals surface area contributed by atoms with Crippen LogP contribution in [0.2, 0.25) is 0 Å². The lowest BCUT2D eigenvalue weighted by Gasteiger charge is -2.17. The van der Waals surface area contributed by atoms with Crippen LogP contribution in [0.3, 0.4) is 0 Å². The van der Waals surface area contributed by atoms with Gasteiger partial charge in [0.2, 0.25) is 11.8 Å². The first-order valence-electron chi connectivity index (χ1n) is 8.51. The summed E-state index contributed by atoms with van der Waals surface area (Å²) in [6.45, 7) is 10.9. The van der Waals surface area contributed by atoms with Crippen LogP contribution in [0.15, 0.2) is 55.3 Å². The number of amides is 2. The molecule has 0 aliphatic rings. The zero-order valence-electron chi connectivity index (χ0n) is 15.7. The SMILES string of the molecule is C=CC(=O)N[C@H](C)c1ccc(-c2ccc(NC(=O)C(C)(C)C)nc2)cc1. The van der Waals surface area contributed by atoms with Crippen LogP contribution in [0.25, 0.3) is 11.1 Å². The second-order valence-corrected chi connectivity index (χ2v) is 7.19. The van der Waals surface area contributed by atoms with Gasteiger partial charge in [0.05, 0.1) is 6.04 Å². The van der Waals surface area contributed by atoms with Crippen molar-refractivity contribution in [2.24, 2.45) is 5.41 Å². The van der Waals surface area contributed by atoms with Gasteiger partial charge in [0.1, 0.15) is 5.82 Å². The third-order valence-corrected chi connectivity index (χ3v) is 3.97. The Morgan fingerprint density at radius 2 is 1.69 bits per heavy atom. The average Bonchev–Trinajstić information content (AvgIpc) is 2.61. The molecule has 0 aliphatic heterocycles. The Hall–Kier alpha value is -2.95. The summed E-state index contributed by atoms with van der Waals surface area (Å²) in [5, 5.41) is 5.64. The van der Waals surface area contributed by atoms with Crippen LogP contribution in [0.4, 0.5) is 5.82 Å². The third-order valence-electron chi connectivity index (χ3n) is 3.97. The molecule has 0 spiro atoms. The maximum Gasteiger partial charge on any atom is 0.243 e. The lowest BCUT2D eigenvalue weighted by molar-refractivity contribution is -0.123. The van der Waals surface area contributed by atoms with Gasteiger partial charge in [0.15, 0.2) is 0 Å². The molecule has 5 nitrogen and oxygen atoms in total. The molecule has 2 rings (SSSR count). The van der Waals surface area contributed by atoms with E-state index >= 15 is 0 Å². The number of carbonyl (C=O) groups is 2. The first-order chi connectivity index (χ1) is 12.2. The molecular formula is C21H25N3O2. The third kappa shape index (κ3) is 5.02. The van der Waals surface area contributed by atoms with Gasteiger partial charge in [-0.3, -0.25) is 9.59 Å². The van der Waals surface area contributed by atoms with Gasteiger partial charge in [-0.1, -0.05) is 51.6 Å². The molecule has 0 saturated carbocycles. The minimum atomic E-state index is -0.464. The van der Waals surface area contributed by atoms with Crippen LogP contribution in [-0.2, 0) is 9.59 Å². The maximum atomic E-state index is 12.0. The molecule has 2 aromatic rings. The van der Waals surface area contributed by atoms with Gasteiger partial charge in [-0.15, -0.1) is 0 Å². The van der Waals surface area contributed by atoms with Gasteiger partial charge < -0.3 is 10.6 Å². The second-order valence-electron chi connectivity index (χ2n) is 7.19. The Morgan fingerprint density at radius 1 is 1.08 bits per heavy atom. The van der Waals surface area contributed by atoms with Crippen molar-refractivity contribution in [2.75, 3.05) is 5.32 Å². The average molecular weight is 351 g/mol. The summed E-state index contributed by atoms with van der Waals surface area (Å²) in [5.41, 5.74) is 2.50. The van der Waals surface area contributed by atoms with Crippen molar-refractivity contribution in [2.45, 2.75) is 33.7 Å². The molecule has 1 atom stereocenters. The monoisotopic (exact) mass is 351 g/mol. The number of aromatic nitrogens is 1. The smallest absolute Gasteiger partial charge is 0.243 e. The fourth-order valence-electron chi connectivity index (χ4n) is 2.26. The lowest BCUT2D eigenvalue weighted by atomic mass is 9.96. The highest BCUT2D eigenvalue weighted by atomic mass is 16.2. The van der Waals surface area contributed by atoms with E-state index in [-0.39, 0.29) is 17.9 Å². The largest absolute Gasteiger partial charge is 0.346 e. The molecule has 5 heteroatoms. The Bertz CT molecular complexity index is 788. The number of nitrogens with one attached hydrogen (secondary N) is 2. The Kier molecular flexibility index (Phi) is 5.93. The summed E-state index contributed by atoms with van der Waals surface area (Å²) in [4.78, 5) is 27.7. The molecule has 2 N–H and O–H groups in total. The predicted octanol–water partition coefficient (Wildman–Crippen LogP) is 4.10. The zero-order chi connectivity index (χ0) is 19.3. The number of rotatable bonds is 5. The molecule has 1 aromatic carbocycles. The van der Waals surface area contributed by atoms with Crippen molar-refractivity contribution in [3.8, 4) is 11.1 Å². The minimum absolute atomic E-state index is 0.0716. The number of anilines is 1. The molecule has 0 unspecified atom stereocenters. The van der Waals surface area contributed by atoms with Crippen molar-refractivity contribution in [1.29, 1.82) is 0 Å². The lowest BCUT2D eigenvalue weighted by Crippen LogP contribution is -2.27. The molecule has 136 valence electrons. The van der Waals surface area contributed by atoms with Gasteiger partial charge in [-0.2, -0.15) is 0 Å². The van der Waals surface area contributed by atoms with E-state index in [0.717, 1.165) is 16.7 Å². The van der Waals surface area contributed by atoms with Gasteiger partial charge in [0, 0.05) is 17.2 Å². The molecule has 1 aromatic heterocycles. The van der Waals surface area contributed by atoms with Crippen LogP contribution < -0.4 is 10.6 Å². The van der Waals surface area contributed by atoms with Crippen molar-refractivity contribution in [3.05, 3.63) is 60.8 Å². The molecule has 26 heavy (non-hydrogen) atoms. The maximum absolute atomic E-state index is 12.0. The Balaban J connectivity index is 2.08. The highest BCUT2D eigenvalue weighted by Gasteiger charge is 2.21. The Morgan fingerprint density at radius 3 is 2.19 bits per heavy atom. The van der Waals surface area contributed by atoms with Crippen molar-refractivity contribution in [1.82, 2.24) is 10.3 Å². The minimum Gasteiger partial charge on any atom is -0.346 e. The summed E-state index contributed by atoms with van der Waals surface area (Å²) in [7, 11) is 0. The summed E-state index contributed by atoms with van der Waals surface area (Å²) < 4.78 is 0. The van der Waals surface area contributed by atoms with Crippen LogP contribution in [0.5, 0.6) is 0 Å². The van der Waals surface area contributed by atoms with Gasteiger partial charge in [0.25, 0.3) is 0 Å². The number of hydrogen-bond acceptors (Lipinski definition) is 3. The number of carbonyl (C=O) groups excluding carboxylic acids is 2. The topological polar surface area (TPSA) is 71.1 Å². The van der Waals surface area contributed by atoms with E-state index in [1.165, 1.54) is 6.08 Å². The highest BCUT2D eigenvalue weighted by molar-refractivity contribution is 5.93. The number of hydrogen-bond donors (Lipinski definition) is 2. The molecule has 0 saturated heterocycles. The molecule has 0 fully saturated rings. The number of nitrogens with zero attached hydrogens (tertiary/aromatic N) is 1. The first kappa shape index (κ1) is 19.4. The predicted molar refractivity (Wildman–Crippen MR) is 105 cm³/mol. The number of pyridine rings is 1. The molecule has 1 heterocycles. The van der Waals surface area contributed by atoms with E-state index in [1.807, 2.05) is 58.0 Å². The summed E-state index contributed by atoms with van der Waals surface area (Å²) >= 11 is 0. The van der Waals surface area contributed by atoms with Crippen LogP contribution in [0, 0.1) is 5.41 Å². The normalized spacial score (nSPS) is 12.2. The summed E-state index contributed by atoms with van der Waals surface area (Å²) in [6.07, 6.45) is 2.99. The van der Waals surface area contributed by atoms with Gasteiger partial charge in [-0.05, 0) is 36.3 Å². The molecule has 2 amide bonds. The first-order valence-corrected chi connectivity index (χ1v) is 8.51. The van der Waals surface area contributed by atoms with E-state index in [9.17, 15) is 9.59 Å². The Labute approximate surface area is 154 Å². The molecule has 0 aliphatic carbocycles. The quantitative estimate of drug-likeness (QED) is 0.797. The van der Waals surface area contributed by atoms with Crippen molar-refractivity contribution < 1.29 is 9.59 Å². The van der Waals surface area contributed by atoms with Crippen LogP contribution >= 0.6 is 0 Å². The second kappa shape index (κ2) is 7.95. The highest BCUT2D eigenvalue weighted by Crippen LogP contribution is 2.23. The fraction of sp³-hybridized carbons (Fsp3) is 0.286. The van der Waals surface area contributed by atoms with Crippen molar-refractivity contribution in [3.63, 3.8) is 0 Å². The standard InChI is InChI=1S/C21H25N3O2/c1-6-19(25)23-14(2)15-7-9-16(10-8-15)17-11-12-18(22-13-17)24-20(26)21(3,4)5/h6-14H,1H2,2-5H3,(H,23,25)(H,22,24,26)/t14-/m1/s1. The van der Waals surface area contributed by atoms with E-state index < -0.39 is 5.41 Å². The van der Waals surface area contributed by atoms with Crippen LogP contribution in [-0.4, -0.2) is 16.8 Å². The van der Waals surface area contributed by atoms with Crippen LogP contribution in [0.1, 0.15) is 39.3 Å². The summed E-state index contributed by atoms with van der Waals surface area (Å²) in [5.74, 6) is 0.266. The molecular weight excluding hydrogens is 326 g/mol. The summed E-state index contributed by atoms with van der Waals surface area (Å²) in [6, 6.07) is 11.5. The van der Waals surface area contributed by atoms with Gasteiger partial charge >= 0.3 is 0 Å². The zero-order valence-corrected chi connectivity index (χ0v) is 15.7. The number of benzene rings is 1. The van der Waals surface area contributed by atoms with Crippen molar-refractivity contribution >= 4 is 17.6 Å². The molecule has 0 radical (unpaired) electrons. The van der Waals surface area contributed by atoms with E-state index in [0.29, 0.717) is 5.82 Å². The van der Waals surface area contributed by atoms with E-state index in [1.54, 1.807) is 12.3 Å². The van der Waals surface area contributed by atoms with E-state index in [4.69, 9.17) is 0 Å². The van der Waals surface area contributed by atoms with Gasteiger partial charge in [-0.25, -0.2) is 4.98 Å². The molecule has 0 bridgehead atoms. The van der Waals surface area contributed by atoms with E-state index in [2.05, 4.69) is 22.2 Å². The fourth-order valence-corrected chi connectivity index (χ4v) is 2.26.